The predicted octanol–water partition coefficient (Wildman–Crippen LogP) is 0.0389. The van der Waals surface area contributed by atoms with Gasteiger partial charge in [-0.15, -0.1) is 4.83 Å². The summed E-state index contributed by atoms with van der Waals surface area (Å²) in [6.07, 6.45) is 1.35. The lowest BCUT2D eigenvalue weighted by Crippen LogP contribution is -2.48. The number of nitrogens with one attached hydrogen (secondary N) is 2. The van der Waals surface area contributed by atoms with Gasteiger partial charge in [-0.3, -0.25) is 0 Å². The van der Waals surface area contributed by atoms with Gasteiger partial charge in [-0.25, -0.2) is 18.4 Å². The monoisotopic (exact) mass is 286 g/mol. The van der Waals surface area contributed by atoms with Crippen LogP contribution in [-0.2, 0) is 14.8 Å². The maximum atomic E-state index is 12.1. The number of hydrogen-bond donors (Lipinski definition) is 2. The third-order valence-corrected chi connectivity index (χ3v) is 4.03. The lowest BCUT2D eigenvalue weighted by Gasteiger charge is -2.26. The Kier molecular flexibility index (Phi) is 4.70. The number of nitrogens with zero attached hydrogens (tertiary/aromatic N) is 2. The molecular formula is C11H18N4O3S. The Hall–Kier alpha value is -1.22. The number of hydrazine groups is 1. The van der Waals surface area contributed by atoms with Crippen LogP contribution in [0.4, 0.5) is 5.82 Å². The molecule has 1 saturated heterocycles. The molecule has 0 unspecified atom stereocenters. The van der Waals surface area contributed by atoms with E-state index in [0.29, 0.717) is 32.1 Å². The first kappa shape index (κ1) is 14.2. The topological polar surface area (TPSA) is 83.6 Å². The zero-order valence-electron chi connectivity index (χ0n) is 10.8. The fourth-order valence-electron chi connectivity index (χ4n) is 1.70. The minimum absolute atomic E-state index is 0.153. The summed E-state index contributed by atoms with van der Waals surface area (Å²) >= 11 is 0. The van der Waals surface area contributed by atoms with Gasteiger partial charge in [0, 0.05) is 25.8 Å². The SMILES string of the molecule is CCNc1ccc(S(=O)(=O)NN2CCOCC2)cn1. The van der Waals surface area contributed by atoms with Crippen molar-refractivity contribution in [1.29, 1.82) is 0 Å². The summed E-state index contributed by atoms with van der Waals surface area (Å²) in [6.45, 7) is 4.84. The highest BCUT2D eigenvalue weighted by Crippen LogP contribution is 2.11. The van der Waals surface area contributed by atoms with Crippen molar-refractivity contribution in [2.45, 2.75) is 11.8 Å². The molecule has 0 atom stereocenters. The smallest absolute Gasteiger partial charge is 0.254 e. The van der Waals surface area contributed by atoms with Gasteiger partial charge in [0.25, 0.3) is 10.0 Å². The largest absolute Gasteiger partial charge is 0.379 e. The molecule has 0 bridgehead atoms. The summed E-state index contributed by atoms with van der Waals surface area (Å²) in [5, 5.41) is 4.65. The van der Waals surface area contributed by atoms with E-state index >= 15 is 0 Å². The van der Waals surface area contributed by atoms with E-state index in [2.05, 4.69) is 15.1 Å². The number of sulfonamides is 1. The minimum atomic E-state index is -3.56. The third kappa shape index (κ3) is 3.87. The quantitative estimate of drug-likeness (QED) is 0.795. The van der Waals surface area contributed by atoms with Gasteiger partial charge in [0.05, 0.1) is 13.2 Å². The van der Waals surface area contributed by atoms with Gasteiger partial charge in [0.1, 0.15) is 10.7 Å². The standard InChI is InChI=1S/C11H18N4O3S/c1-2-12-11-4-3-10(9-13-11)19(16,17)14-15-5-7-18-8-6-15/h3-4,9,14H,2,5-8H2,1H3,(H,12,13). The number of anilines is 1. The van der Waals surface area contributed by atoms with Crippen molar-refractivity contribution in [3.63, 3.8) is 0 Å². The van der Waals surface area contributed by atoms with Gasteiger partial charge < -0.3 is 10.1 Å². The maximum absolute atomic E-state index is 12.1. The Morgan fingerprint density at radius 3 is 2.68 bits per heavy atom. The van der Waals surface area contributed by atoms with Crippen LogP contribution in [0.1, 0.15) is 6.92 Å². The number of pyridine rings is 1. The second-order valence-corrected chi connectivity index (χ2v) is 5.76. The molecule has 1 aliphatic rings. The summed E-state index contributed by atoms with van der Waals surface area (Å²) in [7, 11) is -3.56. The second kappa shape index (κ2) is 6.29. The van der Waals surface area contributed by atoms with Gasteiger partial charge in [-0.2, -0.15) is 0 Å². The fraction of sp³-hybridized carbons (Fsp3) is 0.545. The van der Waals surface area contributed by atoms with Crippen LogP contribution in [0.15, 0.2) is 23.2 Å². The fourth-order valence-corrected chi connectivity index (χ4v) is 2.77. The Labute approximate surface area is 113 Å². The van der Waals surface area contributed by atoms with Crippen LogP contribution < -0.4 is 10.1 Å². The van der Waals surface area contributed by atoms with E-state index in [-0.39, 0.29) is 4.90 Å². The van der Waals surface area contributed by atoms with Gasteiger partial charge in [-0.05, 0) is 19.1 Å². The van der Waals surface area contributed by atoms with E-state index in [1.165, 1.54) is 12.3 Å². The van der Waals surface area contributed by atoms with E-state index in [9.17, 15) is 8.42 Å². The molecular weight excluding hydrogens is 268 g/mol. The highest BCUT2D eigenvalue weighted by atomic mass is 32.2. The lowest BCUT2D eigenvalue weighted by molar-refractivity contribution is 0.0272. The third-order valence-electron chi connectivity index (χ3n) is 2.66. The number of aromatic nitrogens is 1. The molecule has 0 amide bonds. The van der Waals surface area contributed by atoms with Crippen LogP contribution >= 0.6 is 0 Å². The summed E-state index contributed by atoms with van der Waals surface area (Å²) in [6, 6.07) is 3.19. The maximum Gasteiger partial charge on any atom is 0.254 e. The highest BCUT2D eigenvalue weighted by Gasteiger charge is 2.20. The van der Waals surface area contributed by atoms with Crippen molar-refractivity contribution in [3.05, 3.63) is 18.3 Å². The number of hydrogen-bond acceptors (Lipinski definition) is 6. The molecule has 2 heterocycles. The highest BCUT2D eigenvalue weighted by molar-refractivity contribution is 7.89. The Balaban J connectivity index is 2.05. The summed E-state index contributed by atoms with van der Waals surface area (Å²) in [4.78, 5) is 6.74. The molecule has 106 valence electrons. The normalized spacial score (nSPS) is 17.3. The molecule has 2 rings (SSSR count). The predicted molar refractivity (Wildman–Crippen MR) is 71.1 cm³/mol. The summed E-state index contributed by atoms with van der Waals surface area (Å²) in [5.74, 6) is 0.660. The molecule has 19 heavy (non-hydrogen) atoms. The second-order valence-electron chi connectivity index (χ2n) is 4.10. The molecule has 2 N–H and O–H groups in total. The van der Waals surface area contributed by atoms with Crippen molar-refractivity contribution in [2.75, 3.05) is 38.2 Å². The van der Waals surface area contributed by atoms with Gasteiger partial charge in [-0.1, -0.05) is 0 Å². The average molecular weight is 286 g/mol. The van der Waals surface area contributed by atoms with E-state index in [4.69, 9.17) is 4.74 Å². The zero-order valence-corrected chi connectivity index (χ0v) is 11.6. The summed E-state index contributed by atoms with van der Waals surface area (Å²) in [5.41, 5.74) is 0. The first-order valence-corrected chi connectivity index (χ1v) is 7.65. The first-order valence-electron chi connectivity index (χ1n) is 6.17. The molecule has 1 fully saturated rings. The van der Waals surface area contributed by atoms with Crippen LogP contribution in [-0.4, -0.2) is 51.3 Å². The average Bonchev–Trinajstić information content (AvgIpc) is 2.40. The molecule has 1 aliphatic heterocycles. The van der Waals surface area contributed by atoms with E-state index < -0.39 is 10.0 Å². The van der Waals surface area contributed by atoms with Crippen LogP contribution in [0.3, 0.4) is 0 Å². The van der Waals surface area contributed by atoms with Gasteiger partial charge >= 0.3 is 0 Å². The number of rotatable bonds is 5. The molecule has 1 aromatic rings. The molecule has 1 aromatic heterocycles. The minimum Gasteiger partial charge on any atom is -0.379 e. The van der Waals surface area contributed by atoms with Gasteiger partial charge in [0.2, 0.25) is 0 Å². The van der Waals surface area contributed by atoms with E-state index in [1.807, 2.05) is 6.92 Å². The van der Waals surface area contributed by atoms with Crippen molar-refractivity contribution in [3.8, 4) is 0 Å². The first-order chi connectivity index (χ1) is 9.12. The van der Waals surface area contributed by atoms with Crippen molar-refractivity contribution >= 4 is 15.8 Å². The van der Waals surface area contributed by atoms with Crippen LogP contribution in [0, 0.1) is 0 Å². The zero-order chi connectivity index (χ0) is 13.7. The Morgan fingerprint density at radius 2 is 2.11 bits per heavy atom. The lowest BCUT2D eigenvalue weighted by atomic mass is 10.4. The van der Waals surface area contributed by atoms with Crippen LogP contribution in [0.2, 0.25) is 0 Å². The molecule has 0 aliphatic carbocycles. The van der Waals surface area contributed by atoms with Crippen LogP contribution in [0.25, 0.3) is 0 Å². The molecule has 8 heteroatoms. The van der Waals surface area contributed by atoms with Crippen molar-refractivity contribution in [1.82, 2.24) is 14.8 Å². The summed E-state index contributed by atoms with van der Waals surface area (Å²) < 4.78 is 29.4. The van der Waals surface area contributed by atoms with E-state index in [1.54, 1.807) is 11.1 Å². The molecule has 0 spiro atoms. The Bertz CT molecular complexity index is 497. The molecule has 0 radical (unpaired) electrons. The Morgan fingerprint density at radius 1 is 1.37 bits per heavy atom. The number of morpholine rings is 1. The number of ether oxygens (including phenoxy) is 1. The van der Waals surface area contributed by atoms with E-state index in [0.717, 1.165) is 6.54 Å². The molecule has 7 nitrogen and oxygen atoms in total. The van der Waals surface area contributed by atoms with Crippen molar-refractivity contribution in [2.24, 2.45) is 0 Å². The van der Waals surface area contributed by atoms with Gasteiger partial charge in [0.15, 0.2) is 0 Å². The molecule has 0 saturated carbocycles. The molecule has 0 aromatic carbocycles. The van der Waals surface area contributed by atoms with Crippen LogP contribution in [0.5, 0.6) is 0 Å². The van der Waals surface area contributed by atoms with Crippen molar-refractivity contribution < 1.29 is 13.2 Å².